The summed E-state index contributed by atoms with van der Waals surface area (Å²) in [4.78, 5) is 0. The van der Waals surface area contributed by atoms with E-state index in [1.807, 2.05) is 0 Å². The Labute approximate surface area is 161 Å². The minimum Gasteiger partial charge on any atom is -0.320 e. The maximum Gasteiger partial charge on any atom is 0.104 e. The van der Waals surface area contributed by atoms with Gasteiger partial charge in [-0.05, 0) is 51.0 Å². The van der Waals surface area contributed by atoms with Gasteiger partial charge in [0.15, 0.2) is 0 Å². The molecule has 2 saturated heterocycles. The molecule has 2 heterocycles. The van der Waals surface area contributed by atoms with Crippen molar-refractivity contribution in [3.05, 3.63) is 47.7 Å². The van der Waals surface area contributed by atoms with Gasteiger partial charge in [0.2, 0.25) is 0 Å². The van der Waals surface area contributed by atoms with Crippen LogP contribution in [0.2, 0.25) is 0 Å². The first-order valence-electron chi connectivity index (χ1n) is 11.0. The molecule has 0 bridgehead atoms. The van der Waals surface area contributed by atoms with Crippen molar-refractivity contribution in [2.75, 3.05) is 39.8 Å². The molecule has 0 amide bonds. The van der Waals surface area contributed by atoms with Gasteiger partial charge in [-0.2, -0.15) is 0 Å². The van der Waals surface area contributed by atoms with Crippen molar-refractivity contribution in [2.45, 2.75) is 64.8 Å². The molecule has 26 heavy (non-hydrogen) atoms. The molecule has 0 N–H and O–H groups in total. The molecular formula is C24H40N2+2. The largest absolute Gasteiger partial charge is 0.320 e. The van der Waals surface area contributed by atoms with Crippen molar-refractivity contribution < 1.29 is 8.97 Å². The van der Waals surface area contributed by atoms with E-state index in [2.05, 4.69) is 50.4 Å². The lowest BCUT2D eigenvalue weighted by molar-refractivity contribution is -0.945. The molecule has 2 nitrogen and oxygen atoms in total. The van der Waals surface area contributed by atoms with Gasteiger partial charge in [0.05, 0.1) is 39.8 Å². The summed E-state index contributed by atoms with van der Waals surface area (Å²) in [5.74, 6) is 0. The molecule has 2 aliphatic rings. The molecule has 0 aliphatic carbocycles. The summed E-state index contributed by atoms with van der Waals surface area (Å²) in [6.45, 7) is 10.4. The molecule has 1 aromatic rings. The summed E-state index contributed by atoms with van der Waals surface area (Å²) in [7, 11) is 2.44. The maximum absolute atomic E-state index is 2.56. The minimum atomic E-state index is 1.20. The zero-order chi connectivity index (χ0) is 18.3. The Morgan fingerprint density at radius 1 is 0.885 bits per heavy atom. The highest BCUT2D eigenvalue weighted by molar-refractivity contribution is 5.13. The molecule has 2 fully saturated rings. The van der Waals surface area contributed by atoms with Gasteiger partial charge in [0, 0.05) is 18.9 Å². The summed E-state index contributed by atoms with van der Waals surface area (Å²) < 4.78 is 2.52. The van der Waals surface area contributed by atoms with E-state index >= 15 is 0 Å². The number of likely N-dealkylation sites (tertiary alicyclic amines) is 2. The molecule has 0 unspecified atom stereocenters. The van der Waals surface area contributed by atoms with Crippen LogP contribution in [0, 0.1) is 0 Å². The Bertz CT molecular complexity index is 563. The summed E-state index contributed by atoms with van der Waals surface area (Å²) in [5, 5.41) is 0. The molecule has 0 radical (unpaired) electrons. The van der Waals surface area contributed by atoms with Crippen LogP contribution in [-0.4, -0.2) is 48.7 Å². The lowest BCUT2D eigenvalue weighted by Gasteiger charge is -2.42. The van der Waals surface area contributed by atoms with Crippen molar-refractivity contribution in [3.8, 4) is 0 Å². The van der Waals surface area contributed by atoms with E-state index in [4.69, 9.17) is 0 Å². The molecule has 2 heteroatoms. The van der Waals surface area contributed by atoms with Gasteiger partial charge in [-0.15, -0.1) is 0 Å². The second-order valence-electron chi connectivity index (χ2n) is 9.11. The quantitative estimate of drug-likeness (QED) is 0.447. The van der Waals surface area contributed by atoms with Crippen LogP contribution in [0.4, 0.5) is 0 Å². The Balaban J connectivity index is 1.55. The van der Waals surface area contributed by atoms with E-state index in [0.29, 0.717) is 0 Å². The first kappa shape index (κ1) is 19.6. The fourth-order valence-corrected chi connectivity index (χ4v) is 5.14. The van der Waals surface area contributed by atoms with Crippen LogP contribution < -0.4 is 0 Å². The molecule has 3 rings (SSSR count). The van der Waals surface area contributed by atoms with E-state index in [0.717, 1.165) is 0 Å². The highest BCUT2D eigenvalue weighted by Crippen LogP contribution is 2.25. The van der Waals surface area contributed by atoms with Crippen LogP contribution in [0.25, 0.3) is 0 Å². The number of hydrogen-bond donors (Lipinski definition) is 0. The summed E-state index contributed by atoms with van der Waals surface area (Å²) in [6.07, 6.45) is 13.7. The lowest BCUT2D eigenvalue weighted by atomic mass is 10.0. The van der Waals surface area contributed by atoms with E-state index in [1.165, 1.54) is 105 Å². The Morgan fingerprint density at radius 2 is 1.50 bits per heavy atom. The smallest absolute Gasteiger partial charge is 0.104 e. The van der Waals surface area contributed by atoms with Crippen molar-refractivity contribution in [1.82, 2.24) is 0 Å². The average Bonchev–Trinajstić information content (AvgIpc) is 2.67. The van der Waals surface area contributed by atoms with Crippen LogP contribution in [0.5, 0.6) is 0 Å². The number of rotatable bonds is 7. The first-order valence-corrected chi connectivity index (χ1v) is 11.0. The van der Waals surface area contributed by atoms with Gasteiger partial charge in [-0.3, -0.25) is 4.48 Å². The number of benzene rings is 1. The lowest BCUT2D eigenvalue weighted by Crippen LogP contribution is -2.51. The fraction of sp³-hybridized carbons (Fsp3) is 0.667. The molecule has 0 spiro atoms. The second kappa shape index (κ2) is 9.19. The topological polar surface area (TPSA) is 0 Å². The number of hydrogen-bond acceptors (Lipinski definition) is 0. The summed E-state index contributed by atoms with van der Waals surface area (Å²) >= 11 is 0. The number of nitrogens with zero attached hydrogens (tertiary/aromatic N) is 2. The van der Waals surface area contributed by atoms with Crippen LogP contribution in [-0.2, 0) is 6.54 Å². The molecular weight excluding hydrogens is 316 g/mol. The van der Waals surface area contributed by atoms with Gasteiger partial charge >= 0.3 is 0 Å². The zero-order valence-corrected chi connectivity index (χ0v) is 17.3. The number of piperidine rings is 2. The first-order chi connectivity index (χ1) is 12.6. The van der Waals surface area contributed by atoms with Gasteiger partial charge in [-0.1, -0.05) is 30.3 Å². The monoisotopic (exact) mass is 356 g/mol. The van der Waals surface area contributed by atoms with E-state index in [9.17, 15) is 0 Å². The summed E-state index contributed by atoms with van der Waals surface area (Å²) in [5.41, 5.74) is 3.13. The van der Waals surface area contributed by atoms with Gasteiger partial charge in [-0.25, -0.2) is 0 Å². The van der Waals surface area contributed by atoms with Crippen molar-refractivity contribution >= 4 is 0 Å². The van der Waals surface area contributed by atoms with Crippen molar-refractivity contribution in [1.29, 1.82) is 0 Å². The Morgan fingerprint density at radius 3 is 2.15 bits per heavy atom. The van der Waals surface area contributed by atoms with Crippen LogP contribution >= 0.6 is 0 Å². The second-order valence-corrected chi connectivity index (χ2v) is 9.11. The predicted octanol–water partition coefficient (Wildman–Crippen LogP) is 5.50. The van der Waals surface area contributed by atoms with Crippen LogP contribution in [0.3, 0.4) is 0 Å². The molecule has 0 atom stereocenters. The van der Waals surface area contributed by atoms with Gasteiger partial charge in [0.25, 0.3) is 0 Å². The Kier molecular flexibility index (Phi) is 6.94. The van der Waals surface area contributed by atoms with E-state index < -0.39 is 0 Å². The highest BCUT2D eigenvalue weighted by Gasteiger charge is 2.30. The van der Waals surface area contributed by atoms with E-state index in [-0.39, 0.29) is 0 Å². The normalized spacial score (nSPS) is 22.9. The zero-order valence-electron chi connectivity index (χ0n) is 17.3. The van der Waals surface area contributed by atoms with Gasteiger partial charge in [0.1, 0.15) is 12.2 Å². The van der Waals surface area contributed by atoms with E-state index in [1.54, 1.807) is 5.70 Å². The highest BCUT2D eigenvalue weighted by atomic mass is 15.4. The average molecular weight is 357 g/mol. The molecule has 144 valence electrons. The standard InChI is InChI=1S/C24H40N2/c1-23(25(2)17-9-4-10-18-25)14-8-13-21-26(19-11-5-12-20-26)22-24-15-6-3-7-16-24/h3,6-7,14-16H,4-5,8-13,17-22H2,1-2H3/q+2/b23-14+. The number of quaternary nitrogens is 2. The third-order valence-electron chi connectivity index (χ3n) is 7.06. The third kappa shape index (κ3) is 5.20. The number of allylic oxidation sites excluding steroid dienone is 2. The SMILES string of the molecule is C/C(=C\CCC[N+]1(Cc2ccccc2)CCCCC1)[N+]1(C)CCCCC1. The maximum atomic E-state index is 2.56. The van der Waals surface area contributed by atoms with Crippen molar-refractivity contribution in [3.63, 3.8) is 0 Å². The summed E-state index contributed by atoms with van der Waals surface area (Å²) in [6, 6.07) is 11.2. The Hall–Kier alpha value is -1.12. The van der Waals surface area contributed by atoms with Crippen LogP contribution in [0.15, 0.2) is 42.1 Å². The molecule has 1 aromatic carbocycles. The number of unbranched alkanes of at least 4 members (excludes halogenated alkanes) is 1. The molecule has 0 saturated carbocycles. The van der Waals surface area contributed by atoms with Crippen LogP contribution in [0.1, 0.15) is 63.9 Å². The predicted molar refractivity (Wildman–Crippen MR) is 112 cm³/mol. The molecule has 2 aliphatic heterocycles. The third-order valence-corrected chi connectivity index (χ3v) is 7.06. The van der Waals surface area contributed by atoms with Gasteiger partial charge < -0.3 is 4.48 Å². The fourth-order valence-electron chi connectivity index (χ4n) is 5.14. The van der Waals surface area contributed by atoms with Crippen molar-refractivity contribution in [2.24, 2.45) is 0 Å². The minimum absolute atomic E-state index is 1.20. The molecule has 0 aromatic heterocycles.